The minimum atomic E-state index is -1.10. The summed E-state index contributed by atoms with van der Waals surface area (Å²) in [6, 6.07) is 3.54. The van der Waals surface area contributed by atoms with Gasteiger partial charge in [0.1, 0.15) is 11.4 Å². The molecule has 2 heterocycles. The molecule has 130 valence electrons. The number of rotatable bonds is 7. The van der Waals surface area contributed by atoms with Gasteiger partial charge in [0.15, 0.2) is 5.96 Å². The zero-order valence-electron chi connectivity index (χ0n) is 14.3. The average Bonchev–Trinajstić information content (AvgIpc) is 3.09. The fraction of sp³-hybridized carbons (Fsp3) is 0.706. The van der Waals surface area contributed by atoms with E-state index in [1.807, 2.05) is 6.92 Å². The molecule has 1 fully saturated rings. The Morgan fingerprint density at radius 2 is 2.13 bits per heavy atom. The Morgan fingerprint density at radius 3 is 2.78 bits per heavy atom. The van der Waals surface area contributed by atoms with Crippen molar-refractivity contribution >= 4 is 5.96 Å². The minimum Gasteiger partial charge on any atom is -0.466 e. The molecule has 2 rings (SSSR count). The molecule has 1 atom stereocenters. The van der Waals surface area contributed by atoms with Crippen molar-refractivity contribution in [3.05, 3.63) is 24.2 Å². The number of furan rings is 1. The molecule has 6 nitrogen and oxygen atoms in total. The lowest BCUT2D eigenvalue weighted by Crippen LogP contribution is -2.43. The first kappa shape index (κ1) is 17.8. The number of hydrogen-bond acceptors (Lipinski definition) is 4. The third-order valence-electron chi connectivity index (χ3n) is 4.11. The first-order valence-electron chi connectivity index (χ1n) is 8.63. The van der Waals surface area contributed by atoms with Crippen LogP contribution in [0.25, 0.3) is 0 Å². The molecule has 1 aliphatic heterocycles. The summed E-state index contributed by atoms with van der Waals surface area (Å²) in [4.78, 5) is 6.97. The predicted octanol–water partition coefficient (Wildman–Crippen LogP) is 1.53. The van der Waals surface area contributed by atoms with Gasteiger partial charge in [0.25, 0.3) is 0 Å². The molecule has 6 heteroatoms. The van der Waals surface area contributed by atoms with Gasteiger partial charge in [0.2, 0.25) is 0 Å². The second-order valence-electron chi connectivity index (χ2n) is 6.28. The highest BCUT2D eigenvalue weighted by Crippen LogP contribution is 2.20. The Bertz CT molecular complexity index is 465. The maximum absolute atomic E-state index is 10.5. The van der Waals surface area contributed by atoms with Gasteiger partial charge in [-0.05, 0) is 51.9 Å². The normalized spacial score (nSPS) is 19.3. The lowest BCUT2D eigenvalue weighted by molar-refractivity contribution is 0.0437. The molecule has 1 aliphatic rings. The molecule has 0 spiro atoms. The number of likely N-dealkylation sites (tertiary alicyclic amines) is 1. The summed E-state index contributed by atoms with van der Waals surface area (Å²) >= 11 is 0. The fourth-order valence-electron chi connectivity index (χ4n) is 2.75. The highest BCUT2D eigenvalue weighted by atomic mass is 16.4. The largest absolute Gasteiger partial charge is 0.466 e. The van der Waals surface area contributed by atoms with Crippen LogP contribution in [0.15, 0.2) is 27.8 Å². The zero-order chi connectivity index (χ0) is 16.5. The highest BCUT2D eigenvalue weighted by molar-refractivity contribution is 5.79. The molecule has 23 heavy (non-hydrogen) atoms. The van der Waals surface area contributed by atoms with Crippen LogP contribution in [-0.2, 0) is 5.60 Å². The van der Waals surface area contributed by atoms with E-state index in [4.69, 9.17) is 4.42 Å². The number of piperidine rings is 1. The summed E-state index contributed by atoms with van der Waals surface area (Å²) in [6.07, 6.45) is 5.53. The van der Waals surface area contributed by atoms with E-state index >= 15 is 0 Å². The highest BCUT2D eigenvalue weighted by Gasteiger charge is 2.26. The number of aliphatic hydroxyl groups is 1. The van der Waals surface area contributed by atoms with Crippen LogP contribution < -0.4 is 10.6 Å². The van der Waals surface area contributed by atoms with Gasteiger partial charge in [-0.1, -0.05) is 6.42 Å². The van der Waals surface area contributed by atoms with Gasteiger partial charge in [0, 0.05) is 19.6 Å². The van der Waals surface area contributed by atoms with Gasteiger partial charge < -0.3 is 25.1 Å². The van der Waals surface area contributed by atoms with E-state index in [2.05, 4.69) is 20.5 Å². The van der Waals surface area contributed by atoms with Crippen molar-refractivity contribution in [2.45, 2.75) is 38.7 Å². The van der Waals surface area contributed by atoms with E-state index in [-0.39, 0.29) is 6.54 Å². The molecule has 0 saturated carbocycles. The maximum Gasteiger partial charge on any atom is 0.191 e. The Hall–Kier alpha value is -1.53. The molecule has 1 saturated heterocycles. The second kappa shape index (κ2) is 8.93. The fourth-order valence-corrected chi connectivity index (χ4v) is 2.75. The summed E-state index contributed by atoms with van der Waals surface area (Å²) < 4.78 is 5.28. The summed E-state index contributed by atoms with van der Waals surface area (Å²) in [7, 11) is 0. The first-order valence-corrected chi connectivity index (χ1v) is 8.63. The van der Waals surface area contributed by atoms with Crippen molar-refractivity contribution in [1.29, 1.82) is 0 Å². The van der Waals surface area contributed by atoms with Crippen molar-refractivity contribution in [2.75, 3.05) is 39.3 Å². The summed E-state index contributed by atoms with van der Waals surface area (Å²) in [5, 5.41) is 17.0. The summed E-state index contributed by atoms with van der Waals surface area (Å²) in [5.41, 5.74) is -1.10. The second-order valence-corrected chi connectivity index (χ2v) is 6.28. The third kappa shape index (κ3) is 5.88. The molecule has 0 radical (unpaired) electrons. The molecule has 3 N–H and O–H groups in total. The molecule has 1 aromatic rings. The van der Waals surface area contributed by atoms with Crippen LogP contribution in [0.5, 0.6) is 0 Å². The minimum absolute atomic E-state index is 0.250. The van der Waals surface area contributed by atoms with E-state index in [9.17, 15) is 5.11 Å². The number of nitrogens with zero attached hydrogens (tertiary/aromatic N) is 2. The third-order valence-corrected chi connectivity index (χ3v) is 4.11. The zero-order valence-corrected chi connectivity index (χ0v) is 14.3. The SMILES string of the molecule is CCNC(=NCC(C)(O)c1ccco1)NCCN1CCCCC1. The number of nitrogens with one attached hydrogen (secondary N) is 2. The molecule has 0 bridgehead atoms. The Kier molecular flexibility index (Phi) is 6.92. The quantitative estimate of drug-likeness (QED) is 0.524. The van der Waals surface area contributed by atoms with Gasteiger partial charge in [0.05, 0.1) is 12.8 Å². The molecule has 0 aliphatic carbocycles. The van der Waals surface area contributed by atoms with E-state index in [1.54, 1.807) is 25.3 Å². The van der Waals surface area contributed by atoms with Gasteiger partial charge in [-0.25, -0.2) is 4.99 Å². The van der Waals surface area contributed by atoms with Crippen LogP contribution in [0.2, 0.25) is 0 Å². The summed E-state index contributed by atoms with van der Waals surface area (Å²) in [5.74, 6) is 1.27. The monoisotopic (exact) mass is 322 g/mol. The molecular weight excluding hydrogens is 292 g/mol. The smallest absolute Gasteiger partial charge is 0.191 e. The average molecular weight is 322 g/mol. The lowest BCUT2D eigenvalue weighted by atomic mass is 10.0. The number of aliphatic imine (C=N–C) groups is 1. The van der Waals surface area contributed by atoms with Gasteiger partial charge >= 0.3 is 0 Å². The van der Waals surface area contributed by atoms with Gasteiger partial charge in [-0.2, -0.15) is 0 Å². The topological polar surface area (TPSA) is 73.0 Å². The molecule has 1 aromatic heterocycles. The maximum atomic E-state index is 10.5. The lowest BCUT2D eigenvalue weighted by Gasteiger charge is -2.26. The van der Waals surface area contributed by atoms with E-state index in [0.717, 1.165) is 25.6 Å². The van der Waals surface area contributed by atoms with Crippen LogP contribution in [0.1, 0.15) is 38.9 Å². The Morgan fingerprint density at radius 1 is 1.35 bits per heavy atom. The van der Waals surface area contributed by atoms with Crippen LogP contribution in [0.4, 0.5) is 0 Å². The predicted molar refractivity (Wildman–Crippen MR) is 92.6 cm³/mol. The van der Waals surface area contributed by atoms with Gasteiger partial charge in [-0.3, -0.25) is 0 Å². The van der Waals surface area contributed by atoms with Crippen molar-refractivity contribution in [1.82, 2.24) is 15.5 Å². The van der Waals surface area contributed by atoms with Crippen LogP contribution in [-0.4, -0.2) is 55.2 Å². The standard InChI is InChI=1S/C17H30N4O2/c1-3-18-16(19-9-12-21-10-5-4-6-11-21)20-14-17(2,22)15-8-7-13-23-15/h7-8,13,22H,3-6,9-12,14H2,1-2H3,(H2,18,19,20). The van der Waals surface area contributed by atoms with Crippen LogP contribution in [0.3, 0.4) is 0 Å². The first-order chi connectivity index (χ1) is 11.1. The van der Waals surface area contributed by atoms with E-state index < -0.39 is 5.60 Å². The number of hydrogen-bond donors (Lipinski definition) is 3. The number of guanidine groups is 1. The Labute approximate surface area is 139 Å². The van der Waals surface area contributed by atoms with Gasteiger partial charge in [-0.15, -0.1) is 0 Å². The molecule has 0 aromatic carbocycles. The molecule has 1 unspecified atom stereocenters. The van der Waals surface area contributed by atoms with E-state index in [0.29, 0.717) is 5.76 Å². The van der Waals surface area contributed by atoms with Crippen molar-refractivity contribution in [3.8, 4) is 0 Å². The Balaban J connectivity index is 1.81. The van der Waals surface area contributed by atoms with E-state index in [1.165, 1.54) is 32.4 Å². The van der Waals surface area contributed by atoms with Crippen LogP contribution in [0, 0.1) is 0 Å². The van der Waals surface area contributed by atoms with Crippen LogP contribution >= 0.6 is 0 Å². The molecule has 0 amide bonds. The van der Waals surface area contributed by atoms with Crippen molar-refractivity contribution in [3.63, 3.8) is 0 Å². The molecular formula is C17H30N4O2. The summed E-state index contributed by atoms with van der Waals surface area (Å²) in [6.45, 7) is 9.07. The van der Waals surface area contributed by atoms with Crippen molar-refractivity contribution < 1.29 is 9.52 Å². The van der Waals surface area contributed by atoms with Crippen molar-refractivity contribution in [2.24, 2.45) is 4.99 Å².